The molecule has 1 saturated heterocycles. The molecule has 0 bridgehead atoms. The highest BCUT2D eigenvalue weighted by atomic mass is 16.9. The molecule has 11 heavy (non-hydrogen) atoms. The largest absolute Gasteiger partial charge is 0.515 e. The number of rotatable bonds is 1. The average molecular weight is 150 g/mol. The first-order valence-electron chi connectivity index (χ1n) is 3.28. The van der Waals surface area contributed by atoms with Crippen molar-refractivity contribution in [2.45, 2.75) is 6.29 Å². The van der Waals surface area contributed by atoms with Crippen molar-refractivity contribution >= 4 is 6.16 Å². The molecule has 2 rings (SSSR count). The molecular formula is C8H6O3. The molecule has 3 nitrogen and oxygen atoms in total. The molecule has 3 heteroatoms. The fourth-order valence-electron chi connectivity index (χ4n) is 0.930. The summed E-state index contributed by atoms with van der Waals surface area (Å²) in [6.45, 7) is 0. The summed E-state index contributed by atoms with van der Waals surface area (Å²) in [4.78, 5) is 10.2. The summed E-state index contributed by atoms with van der Waals surface area (Å²) in [7, 11) is 0. The number of hydrogen-bond acceptors (Lipinski definition) is 3. The molecule has 0 saturated carbocycles. The maximum Gasteiger partial charge on any atom is 0.515 e. The zero-order valence-electron chi connectivity index (χ0n) is 5.69. The molecule has 0 spiro atoms. The number of carbonyl (C=O) groups is 1. The minimum Gasteiger partial charge on any atom is -0.389 e. The van der Waals surface area contributed by atoms with Gasteiger partial charge in [0.25, 0.3) is 6.29 Å². The van der Waals surface area contributed by atoms with Crippen LogP contribution in [-0.2, 0) is 9.47 Å². The van der Waals surface area contributed by atoms with Crippen LogP contribution in [0.15, 0.2) is 30.3 Å². The molecule has 0 unspecified atom stereocenters. The van der Waals surface area contributed by atoms with Crippen LogP contribution in [0, 0.1) is 0 Å². The Bertz CT molecular complexity index is 260. The van der Waals surface area contributed by atoms with Gasteiger partial charge >= 0.3 is 6.16 Å². The number of ether oxygens (including phenoxy) is 2. The minimum absolute atomic E-state index is 0.483. The molecule has 0 aliphatic carbocycles. The smallest absolute Gasteiger partial charge is 0.389 e. The first-order valence-corrected chi connectivity index (χ1v) is 3.28. The van der Waals surface area contributed by atoms with E-state index in [0.717, 1.165) is 5.56 Å². The van der Waals surface area contributed by atoms with E-state index in [4.69, 9.17) is 0 Å². The summed E-state index contributed by atoms with van der Waals surface area (Å²) in [5.41, 5.74) is 0.868. The van der Waals surface area contributed by atoms with Crippen molar-refractivity contribution in [1.82, 2.24) is 0 Å². The fraction of sp³-hybridized carbons (Fsp3) is 0.125. The molecule has 0 radical (unpaired) electrons. The second-order valence-corrected chi connectivity index (χ2v) is 2.23. The van der Waals surface area contributed by atoms with Gasteiger partial charge in [-0.25, -0.2) is 4.79 Å². The van der Waals surface area contributed by atoms with E-state index in [-0.39, 0.29) is 0 Å². The van der Waals surface area contributed by atoms with E-state index < -0.39 is 12.4 Å². The van der Waals surface area contributed by atoms with Crippen molar-refractivity contribution < 1.29 is 14.3 Å². The third-order valence-corrected chi connectivity index (χ3v) is 1.48. The quantitative estimate of drug-likeness (QED) is 0.573. The maximum atomic E-state index is 10.2. The lowest BCUT2D eigenvalue weighted by molar-refractivity contribution is -0.186. The predicted octanol–water partition coefficient (Wildman–Crippen LogP) is 1.85. The van der Waals surface area contributed by atoms with Crippen molar-refractivity contribution in [2.24, 2.45) is 0 Å². The van der Waals surface area contributed by atoms with Gasteiger partial charge in [-0.2, -0.15) is 0 Å². The highest BCUT2D eigenvalue weighted by Gasteiger charge is 2.31. The van der Waals surface area contributed by atoms with Gasteiger partial charge in [0.15, 0.2) is 0 Å². The van der Waals surface area contributed by atoms with Crippen LogP contribution in [-0.4, -0.2) is 6.16 Å². The Kier molecular flexibility index (Phi) is 1.28. The Morgan fingerprint density at radius 1 is 1.09 bits per heavy atom. The summed E-state index contributed by atoms with van der Waals surface area (Å²) in [6.07, 6.45) is -1.08. The second kappa shape index (κ2) is 2.27. The molecule has 1 aliphatic rings. The highest BCUT2D eigenvalue weighted by Crippen LogP contribution is 2.27. The molecule has 1 heterocycles. The summed E-state index contributed by atoms with van der Waals surface area (Å²) in [5.74, 6) is 0. The lowest BCUT2D eigenvalue weighted by Gasteiger charge is -2.25. The molecule has 1 fully saturated rings. The number of benzene rings is 1. The zero-order valence-corrected chi connectivity index (χ0v) is 5.69. The van der Waals surface area contributed by atoms with Gasteiger partial charge in [0.1, 0.15) is 0 Å². The molecule has 1 aliphatic heterocycles. The average Bonchev–Trinajstić information content (AvgIpc) is 2.01. The van der Waals surface area contributed by atoms with Crippen LogP contribution in [0.1, 0.15) is 11.9 Å². The van der Waals surface area contributed by atoms with Gasteiger partial charge in [0, 0.05) is 5.56 Å². The lowest BCUT2D eigenvalue weighted by atomic mass is 10.2. The van der Waals surface area contributed by atoms with E-state index in [2.05, 4.69) is 9.47 Å². The van der Waals surface area contributed by atoms with E-state index in [1.54, 1.807) is 0 Å². The van der Waals surface area contributed by atoms with Crippen LogP contribution >= 0.6 is 0 Å². The van der Waals surface area contributed by atoms with E-state index >= 15 is 0 Å². The van der Waals surface area contributed by atoms with Crippen LogP contribution in [0.3, 0.4) is 0 Å². The highest BCUT2D eigenvalue weighted by molar-refractivity contribution is 5.64. The standard InChI is InChI=1S/C8H6O3/c9-8-10-7(11-8)6-4-2-1-3-5-6/h1-5,7H. The molecular weight excluding hydrogens is 144 g/mol. The van der Waals surface area contributed by atoms with E-state index in [9.17, 15) is 4.79 Å². The monoisotopic (exact) mass is 150 g/mol. The first-order chi connectivity index (χ1) is 5.36. The zero-order chi connectivity index (χ0) is 7.68. The van der Waals surface area contributed by atoms with Crippen LogP contribution in [0.4, 0.5) is 4.79 Å². The molecule has 0 atom stereocenters. The first kappa shape index (κ1) is 6.22. The van der Waals surface area contributed by atoms with Crippen molar-refractivity contribution in [3.05, 3.63) is 35.9 Å². The van der Waals surface area contributed by atoms with Crippen molar-refractivity contribution in [1.29, 1.82) is 0 Å². The summed E-state index contributed by atoms with van der Waals surface area (Å²) in [6, 6.07) is 9.31. The van der Waals surface area contributed by atoms with Gasteiger partial charge in [-0.05, 0) is 0 Å². The van der Waals surface area contributed by atoms with Gasteiger partial charge in [-0.3, -0.25) is 0 Å². The Morgan fingerprint density at radius 2 is 1.73 bits per heavy atom. The van der Waals surface area contributed by atoms with Gasteiger partial charge < -0.3 is 9.47 Å². The number of carbonyl (C=O) groups excluding carboxylic acids is 1. The number of cyclic esters (lactones) is 2. The van der Waals surface area contributed by atoms with E-state index in [0.29, 0.717) is 0 Å². The summed E-state index contributed by atoms with van der Waals surface area (Å²) in [5, 5.41) is 0. The summed E-state index contributed by atoms with van der Waals surface area (Å²) >= 11 is 0. The Balaban J connectivity index is 2.13. The van der Waals surface area contributed by atoms with Crippen LogP contribution in [0.2, 0.25) is 0 Å². The van der Waals surface area contributed by atoms with Crippen LogP contribution in [0.25, 0.3) is 0 Å². The van der Waals surface area contributed by atoms with Crippen LogP contribution < -0.4 is 0 Å². The normalized spacial score (nSPS) is 16.5. The van der Waals surface area contributed by atoms with E-state index in [1.807, 2.05) is 30.3 Å². The van der Waals surface area contributed by atoms with Gasteiger partial charge in [-0.1, -0.05) is 30.3 Å². The van der Waals surface area contributed by atoms with Crippen molar-refractivity contribution in [3.8, 4) is 0 Å². The Morgan fingerprint density at radius 3 is 2.27 bits per heavy atom. The Labute approximate surface area is 63.5 Å². The van der Waals surface area contributed by atoms with Crippen LogP contribution in [0.5, 0.6) is 0 Å². The third-order valence-electron chi connectivity index (χ3n) is 1.48. The van der Waals surface area contributed by atoms with Gasteiger partial charge in [-0.15, -0.1) is 0 Å². The molecule has 1 aromatic carbocycles. The molecule has 0 aromatic heterocycles. The van der Waals surface area contributed by atoms with Gasteiger partial charge in [0.05, 0.1) is 0 Å². The molecule has 0 N–H and O–H groups in total. The Hall–Kier alpha value is -1.51. The number of hydrogen-bond donors (Lipinski definition) is 0. The van der Waals surface area contributed by atoms with Gasteiger partial charge in [0.2, 0.25) is 0 Å². The van der Waals surface area contributed by atoms with E-state index in [1.165, 1.54) is 0 Å². The summed E-state index contributed by atoms with van der Waals surface area (Å²) < 4.78 is 9.33. The third kappa shape index (κ3) is 1.05. The minimum atomic E-state index is -0.598. The molecule has 56 valence electrons. The molecule has 0 amide bonds. The van der Waals surface area contributed by atoms with Crippen molar-refractivity contribution in [3.63, 3.8) is 0 Å². The SMILES string of the molecule is O=C1OC(c2ccccc2)O1. The molecule has 1 aromatic rings. The fourth-order valence-corrected chi connectivity index (χ4v) is 0.930. The topological polar surface area (TPSA) is 35.5 Å². The maximum absolute atomic E-state index is 10.2. The second-order valence-electron chi connectivity index (χ2n) is 2.23. The predicted molar refractivity (Wildman–Crippen MR) is 36.7 cm³/mol. The lowest BCUT2D eigenvalue weighted by Crippen LogP contribution is -2.27. The van der Waals surface area contributed by atoms with Crippen molar-refractivity contribution in [2.75, 3.05) is 0 Å².